The van der Waals surface area contributed by atoms with E-state index in [1.807, 2.05) is 0 Å². The number of methoxy groups -OCH3 is 1. The van der Waals surface area contributed by atoms with Gasteiger partial charge in [0.05, 0.1) is 35.1 Å². The summed E-state index contributed by atoms with van der Waals surface area (Å²) in [5.41, 5.74) is -0.128. The van der Waals surface area contributed by atoms with Gasteiger partial charge >= 0.3 is 5.97 Å². The molecule has 1 saturated carbocycles. The molecule has 0 radical (unpaired) electrons. The molecule has 0 aromatic heterocycles. The van der Waals surface area contributed by atoms with E-state index in [-0.39, 0.29) is 46.3 Å². The molecule has 1 aliphatic heterocycles. The Balaban J connectivity index is 1.42. The second kappa shape index (κ2) is 10.1. The number of benzene rings is 2. The van der Waals surface area contributed by atoms with Crippen LogP contribution in [0.4, 0.5) is 17.1 Å². The van der Waals surface area contributed by atoms with Crippen molar-refractivity contribution >= 4 is 40.8 Å². The van der Waals surface area contributed by atoms with Gasteiger partial charge in [-0.05, 0) is 49.4 Å². The number of nitro groups is 1. The van der Waals surface area contributed by atoms with Crippen molar-refractivity contribution < 1.29 is 33.6 Å². The van der Waals surface area contributed by atoms with Crippen molar-refractivity contribution in [1.82, 2.24) is 0 Å². The van der Waals surface area contributed by atoms with Crippen LogP contribution in [0.2, 0.25) is 0 Å². The van der Waals surface area contributed by atoms with Crippen LogP contribution in [0.5, 0.6) is 5.75 Å². The molecule has 2 aromatic carbocycles. The zero-order valence-corrected chi connectivity index (χ0v) is 19.8. The van der Waals surface area contributed by atoms with Crippen molar-refractivity contribution in [1.29, 1.82) is 0 Å². The molecule has 1 aliphatic carbocycles. The lowest BCUT2D eigenvalue weighted by Crippen LogP contribution is -2.31. The Kier molecular flexibility index (Phi) is 7.00. The normalized spacial score (nSPS) is 21.1. The maximum Gasteiger partial charge on any atom is 0.338 e. The summed E-state index contributed by atoms with van der Waals surface area (Å²) in [5, 5.41) is 13.6. The smallest absolute Gasteiger partial charge is 0.338 e. The second-order valence-electron chi connectivity index (χ2n) is 8.96. The number of esters is 1. The summed E-state index contributed by atoms with van der Waals surface area (Å²) in [4.78, 5) is 62.5. The summed E-state index contributed by atoms with van der Waals surface area (Å²) < 4.78 is 10.1. The zero-order chi connectivity index (χ0) is 26.0. The molecule has 3 atom stereocenters. The van der Waals surface area contributed by atoms with Gasteiger partial charge in [-0.15, -0.1) is 0 Å². The highest BCUT2D eigenvalue weighted by Crippen LogP contribution is 2.42. The number of carbonyl (C=O) groups is 4. The Labute approximate surface area is 206 Å². The van der Waals surface area contributed by atoms with Crippen LogP contribution in [0.1, 0.15) is 36.5 Å². The molecule has 36 heavy (non-hydrogen) atoms. The van der Waals surface area contributed by atoms with Crippen LogP contribution in [0.25, 0.3) is 0 Å². The average Bonchev–Trinajstić information content (AvgIpc) is 3.11. The fourth-order valence-electron chi connectivity index (χ4n) is 4.72. The molecule has 4 rings (SSSR count). The highest BCUT2D eigenvalue weighted by Gasteiger charge is 2.50. The maximum absolute atomic E-state index is 13.0. The van der Waals surface area contributed by atoms with E-state index in [9.17, 15) is 29.3 Å². The van der Waals surface area contributed by atoms with E-state index < -0.39 is 23.4 Å². The molecule has 1 heterocycles. The Hall–Kier alpha value is -4.28. The summed E-state index contributed by atoms with van der Waals surface area (Å²) in [5.74, 6) is -2.19. The molecule has 188 valence electrons. The van der Waals surface area contributed by atoms with Crippen molar-refractivity contribution in [2.45, 2.75) is 26.2 Å². The number of nitrogens with zero attached hydrogens (tertiary/aromatic N) is 2. The molecule has 11 nitrogen and oxygen atoms in total. The van der Waals surface area contributed by atoms with Crippen LogP contribution in [0, 0.1) is 27.9 Å². The first-order valence-electron chi connectivity index (χ1n) is 11.5. The van der Waals surface area contributed by atoms with Gasteiger partial charge in [-0.25, -0.2) is 4.79 Å². The quantitative estimate of drug-likeness (QED) is 0.266. The van der Waals surface area contributed by atoms with Crippen molar-refractivity contribution in [3.05, 3.63) is 58.1 Å². The van der Waals surface area contributed by atoms with Crippen molar-refractivity contribution in [2.75, 3.05) is 23.9 Å². The highest BCUT2D eigenvalue weighted by molar-refractivity contribution is 6.22. The van der Waals surface area contributed by atoms with Crippen molar-refractivity contribution in [3.8, 4) is 5.75 Å². The number of nitrogens with one attached hydrogen (secondary N) is 1. The molecule has 0 unspecified atom stereocenters. The predicted molar refractivity (Wildman–Crippen MR) is 127 cm³/mol. The number of amides is 3. The molecule has 2 aliphatic rings. The first-order valence-corrected chi connectivity index (χ1v) is 11.5. The maximum atomic E-state index is 13.0. The number of imide groups is 1. The van der Waals surface area contributed by atoms with Gasteiger partial charge in [-0.2, -0.15) is 0 Å². The lowest BCUT2D eigenvalue weighted by Gasteiger charge is -2.25. The lowest BCUT2D eigenvalue weighted by molar-refractivity contribution is -0.383. The van der Waals surface area contributed by atoms with E-state index in [1.165, 1.54) is 43.5 Å². The van der Waals surface area contributed by atoms with Crippen LogP contribution in [-0.4, -0.2) is 42.3 Å². The fraction of sp³-hybridized carbons (Fsp3) is 0.360. The van der Waals surface area contributed by atoms with E-state index in [2.05, 4.69) is 12.2 Å². The highest BCUT2D eigenvalue weighted by atomic mass is 16.6. The molecular formula is C25H25N3O8. The number of carbonyl (C=O) groups excluding carboxylic acids is 4. The van der Waals surface area contributed by atoms with Crippen LogP contribution in [0.15, 0.2) is 42.5 Å². The minimum Gasteiger partial charge on any atom is -0.497 e. The SMILES string of the molecule is COc1ccc([N+](=O)[O-])c(NC(=O)COC(=O)c2cccc(N3C(=O)[C@H]4C[C@@H](C)CC[C@H]4C3=O)c2)c1. The Morgan fingerprint density at radius 3 is 2.58 bits per heavy atom. The van der Waals surface area contributed by atoms with E-state index in [4.69, 9.17) is 9.47 Å². The van der Waals surface area contributed by atoms with Gasteiger partial charge in [0.1, 0.15) is 11.4 Å². The third-order valence-corrected chi connectivity index (χ3v) is 6.54. The average molecular weight is 495 g/mol. The Morgan fingerprint density at radius 2 is 1.86 bits per heavy atom. The second-order valence-corrected chi connectivity index (χ2v) is 8.96. The van der Waals surface area contributed by atoms with Crippen molar-refractivity contribution in [3.63, 3.8) is 0 Å². The van der Waals surface area contributed by atoms with E-state index >= 15 is 0 Å². The van der Waals surface area contributed by atoms with Gasteiger partial charge in [0.25, 0.3) is 11.6 Å². The van der Waals surface area contributed by atoms with Gasteiger partial charge in [0, 0.05) is 12.1 Å². The molecular weight excluding hydrogens is 470 g/mol. The monoisotopic (exact) mass is 495 g/mol. The molecule has 0 bridgehead atoms. The molecule has 11 heteroatoms. The van der Waals surface area contributed by atoms with Crippen LogP contribution in [0.3, 0.4) is 0 Å². The molecule has 2 aromatic rings. The Bertz CT molecular complexity index is 1240. The number of rotatable bonds is 7. The third-order valence-electron chi connectivity index (χ3n) is 6.54. The van der Waals surface area contributed by atoms with Gasteiger partial charge in [-0.1, -0.05) is 13.0 Å². The van der Waals surface area contributed by atoms with E-state index in [0.29, 0.717) is 24.5 Å². The summed E-state index contributed by atoms with van der Waals surface area (Å²) in [7, 11) is 1.38. The molecule has 1 N–H and O–H groups in total. The third kappa shape index (κ3) is 4.90. The van der Waals surface area contributed by atoms with Crippen molar-refractivity contribution in [2.24, 2.45) is 17.8 Å². The summed E-state index contributed by atoms with van der Waals surface area (Å²) in [6.45, 7) is 1.36. The number of nitro benzene ring substituents is 1. The first kappa shape index (κ1) is 24.8. The van der Waals surface area contributed by atoms with E-state index in [0.717, 1.165) is 11.3 Å². The van der Waals surface area contributed by atoms with Gasteiger partial charge < -0.3 is 14.8 Å². The minimum absolute atomic E-state index is 0.0523. The topological polar surface area (TPSA) is 145 Å². The number of anilines is 2. The molecule has 2 fully saturated rings. The number of hydrogen-bond donors (Lipinski definition) is 1. The Morgan fingerprint density at radius 1 is 1.11 bits per heavy atom. The summed E-state index contributed by atoms with van der Waals surface area (Å²) >= 11 is 0. The van der Waals surface area contributed by atoms with Crippen LogP contribution in [-0.2, 0) is 19.1 Å². The van der Waals surface area contributed by atoms with E-state index in [1.54, 1.807) is 6.07 Å². The molecule has 3 amide bonds. The molecule has 0 spiro atoms. The summed E-state index contributed by atoms with van der Waals surface area (Å²) in [6, 6.07) is 9.76. The van der Waals surface area contributed by atoms with Gasteiger partial charge in [0.2, 0.25) is 11.8 Å². The minimum atomic E-state index is -0.850. The standard InChI is InChI=1S/C25H25N3O8/c1-14-6-8-18-19(10-14)24(31)27(23(18)30)16-5-3-4-15(11-16)25(32)36-13-22(29)26-20-12-17(35-2)7-9-21(20)28(33)34/h3-5,7,9,11-12,14,18-19H,6,8,10,13H2,1-2H3,(H,26,29)/t14-,18+,19-/m0/s1. The van der Waals surface area contributed by atoms with Gasteiger partial charge in [-0.3, -0.25) is 29.4 Å². The number of hydrogen-bond acceptors (Lipinski definition) is 8. The fourth-order valence-corrected chi connectivity index (χ4v) is 4.72. The number of fused-ring (bicyclic) bond motifs is 1. The summed E-state index contributed by atoms with van der Waals surface area (Å²) in [6.07, 6.45) is 2.21. The largest absolute Gasteiger partial charge is 0.497 e. The van der Waals surface area contributed by atoms with Crippen LogP contribution < -0.4 is 15.0 Å². The zero-order valence-electron chi connectivity index (χ0n) is 19.8. The lowest BCUT2D eigenvalue weighted by atomic mass is 9.76. The first-order chi connectivity index (χ1) is 17.2. The predicted octanol–water partition coefficient (Wildman–Crippen LogP) is 3.32. The van der Waals surface area contributed by atoms with Crippen LogP contribution >= 0.6 is 0 Å². The molecule has 1 saturated heterocycles. The van der Waals surface area contributed by atoms with Gasteiger partial charge in [0.15, 0.2) is 6.61 Å². The number of ether oxygens (including phenoxy) is 2.